The highest BCUT2D eigenvalue weighted by atomic mass is 16.5. The molecule has 1 atom stereocenters. The van der Waals surface area contributed by atoms with Crippen LogP contribution in [0.3, 0.4) is 0 Å². The monoisotopic (exact) mass is 232 g/mol. The van der Waals surface area contributed by atoms with Crippen LogP contribution in [-0.4, -0.2) is 19.0 Å². The SMILES string of the molecule is CC(=O)c1cccc(C(C)C2CCOCC2)c1. The Kier molecular flexibility index (Phi) is 3.95. The number of Topliss-reactive ketones (excluding diaryl/α,β-unsaturated/α-hetero) is 1. The molecular weight excluding hydrogens is 212 g/mol. The summed E-state index contributed by atoms with van der Waals surface area (Å²) in [6, 6.07) is 8.06. The number of carbonyl (C=O) groups is 1. The fraction of sp³-hybridized carbons (Fsp3) is 0.533. The molecule has 0 radical (unpaired) electrons. The molecule has 2 nitrogen and oxygen atoms in total. The summed E-state index contributed by atoms with van der Waals surface area (Å²) in [6.45, 7) is 5.64. The van der Waals surface area contributed by atoms with Gasteiger partial charge in [-0.2, -0.15) is 0 Å². The van der Waals surface area contributed by atoms with Gasteiger partial charge < -0.3 is 4.74 Å². The summed E-state index contributed by atoms with van der Waals surface area (Å²) >= 11 is 0. The van der Waals surface area contributed by atoms with Crippen molar-refractivity contribution in [1.82, 2.24) is 0 Å². The number of hydrogen-bond donors (Lipinski definition) is 0. The van der Waals surface area contributed by atoms with Gasteiger partial charge >= 0.3 is 0 Å². The van der Waals surface area contributed by atoms with Gasteiger partial charge in [0.05, 0.1) is 0 Å². The summed E-state index contributed by atoms with van der Waals surface area (Å²) in [6.07, 6.45) is 2.26. The quantitative estimate of drug-likeness (QED) is 0.746. The van der Waals surface area contributed by atoms with Crippen molar-refractivity contribution >= 4 is 5.78 Å². The summed E-state index contributed by atoms with van der Waals surface area (Å²) < 4.78 is 5.39. The van der Waals surface area contributed by atoms with Gasteiger partial charge in [-0.3, -0.25) is 4.79 Å². The lowest BCUT2D eigenvalue weighted by molar-refractivity contribution is 0.0596. The van der Waals surface area contributed by atoms with Crippen LogP contribution in [0.5, 0.6) is 0 Å². The van der Waals surface area contributed by atoms with Gasteiger partial charge in [-0.25, -0.2) is 0 Å². The van der Waals surface area contributed by atoms with E-state index in [0.717, 1.165) is 31.6 Å². The second-order valence-corrected chi connectivity index (χ2v) is 4.92. The topological polar surface area (TPSA) is 26.3 Å². The number of hydrogen-bond acceptors (Lipinski definition) is 2. The lowest BCUT2D eigenvalue weighted by atomic mass is 9.82. The van der Waals surface area contributed by atoms with Crippen LogP contribution < -0.4 is 0 Å². The maximum absolute atomic E-state index is 11.4. The van der Waals surface area contributed by atoms with Crippen LogP contribution in [0.15, 0.2) is 24.3 Å². The van der Waals surface area contributed by atoms with Gasteiger partial charge in [-0.15, -0.1) is 0 Å². The largest absolute Gasteiger partial charge is 0.381 e. The molecule has 0 spiro atoms. The molecule has 0 aromatic heterocycles. The molecule has 1 fully saturated rings. The molecule has 0 saturated carbocycles. The van der Waals surface area contributed by atoms with E-state index in [1.54, 1.807) is 6.92 Å². The zero-order chi connectivity index (χ0) is 12.3. The van der Waals surface area contributed by atoms with Crippen LogP contribution in [0.25, 0.3) is 0 Å². The van der Waals surface area contributed by atoms with E-state index in [-0.39, 0.29) is 5.78 Å². The van der Waals surface area contributed by atoms with E-state index >= 15 is 0 Å². The maximum Gasteiger partial charge on any atom is 0.159 e. The van der Waals surface area contributed by atoms with Gasteiger partial charge in [0.25, 0.3) is 0 Å². The van der Waals surface area contributed by atoms with Gasteiger partial charge in [0, 0.05) is 18.8 Å². The lowest BCUT2D eigenvalue weighted by Gasteiger charge is -2.28. The highest BCUT2D eigenvalue weighted by Crippen LogP contribution is 2.31. The zero-order valence-corrected chi connectivity index (χ0v) is 10.6. The third-order valence-electron chi connectivity index (χ3n) is 3.79. The van der Waals surface area contributed by atoms with Crippen molar-refractivity contribution in [3.05, 3.63) is 35.4 Å². The minimum Gasteiger partial charge on any atom is -0.381 e. The highest BCUT2D eigenvalue weighted by Gasteiger charge is 2.21. The van der Waals surface area contributed by atoms with E-state index in [4.69, 9.17) is 4.74 Å². The van der Waals surface area contributed by atoms with Gasteiger partial charge in [0.15, 0.2) is 5.78 Å². The number of benzene rings is 1. The number of ketones is 1. The number of ether oxygens (including phenoxy) is 1. The molecule has 1 saturated heterocycles. The predicted octanol–water partition coefficient (Wildman–Crippen LogP) is 3.42. The Bertz CT molecular complexity index is 392. The van der Waals surface area contributed by atoms with E-state index in [0.29, 0.717) is 11.8 Å². The molecule has 2 heteroatoms. The second kappa shape index (κ2) is 5.46. The third-order valence-corrected chi connectivity index (χ3v) is 3.79. The molecule has 1 aliphatic heterocycles. The minimum atomic E-state index is 0.144. The second-order valence-electron chi connectivity index (χ2n) is 4.92. The Hall–Kier alpha value is -1.15. The molecule has 0 bridgehead atoms. The average molecular weight is 232 g/mol. The predicted molar refractivity (Wildman–Crippen MR) is 68.4 cm³/mol. The minimum absolute atomic E-state index is 0.144. The van der Waals surface area contributed by atoms with Crippen LogP contribution >= 0.6 is 0 Å². The molecule has 0 N–H and O–H groups in total. The summed E-state index contributed by atoms with van der Waals surface area (Å²) in [5, 5.41) is 0. The molecule has 1 unspecified atom stereocenters. The number of rotatable bonds is 3. The van der Waals surface area contributed by atoms with Crippen LogP contribution in [0, 0.1) is 5.92 Å². The first-order valence-corrected chi connectivity index (χ1v) is 6.37. The van der Waals surface area contributed by atoms with Crippen LogP contribution in [-0.2, 0) is 4.74 Å². The van der Waals surface area contributed by atoms with Crippen molar-refractivity contribution < 1.29 is 9.53 Å². The van der Waals surface area contributed by atoms with Gasteiger partial charge in [-0.1, -0.05) is 25.1 Å². The summed E-state index contributed by atoms with van der Waals surface area (Å²) in [4.78, 5) is 11.4. The molecular formula is C15H20O2. The number of carbonyl (C=O) groups excluding carboxylic acids is 1. The van der Waals surface area contributed by atoms with Crippen molar-refractivity contribution in [2.45, 2.75) is 32.6 Å². The first-order valence-electron chi connectivity index (χ1n) is 6.37. The standard InChI is InChI=1S/C15H20O2/c1-11(13-6-8-17-9-7-13)14-4-3-5-15(10-14)12(2)16/h3-5,10-11,13H,6-9H2,1-2H3. The molecule has 1 aromatic rings. The van der Waals surface area contributed by atoms with E-state index in [1.807, 2.05) is 18.2 Å². The lowest BCUT2D eigenvalue weighted by Crippen LogP contribution is -2.20. The van der Waals surface area contributed by atoms with E-state index in [9.17, 15) is 4.79 Å². The Morgan fingerprint density at radius 3 is 2.71 bits per heavy atom. The molecule has 17 heavy (non-hydrogen) atoms. The van der Waals surface area contributed by atoms with Crippen LogP contribution in [0.1, 0.15) is 48.5 Å². The first kappa shape index (κ1) is 12.3. The molecule has 1 aromatic carbocycles. The van der Waals surface area contributed by atoms with E-state index in [1.165, 1.54) is 5.56 Å². The summed E-state index contributed by atoms with van der Waals surface area (Å²) in [5.41, 5.74) is 2.10. The van der Waals surface area contributed by atoms with Gasteiger partial charge in [0.1, 0.15) is 0 Å². The maximum atomic E-state index is 11.4. The Morgan fingerprint density at radius 1 is 1.35 bits per heavy atom. The van der Waals surface area contributed by atoms with Crippen molar-refractivity contribution in [2.24, 2.45) is 5.92 Å². The van der Waals surface area contributed by atoms with Gasteiger partial charge in [0.2, 0.25) is 0 Å². The normalized spacial score (nSPS) is 18.9. The van der Waals surface area contributed by atoms with Crippen molar-refractivity contribution in [3.63, 3.8) is 0 Å². The summed E-state index contributed by atoms with van der Waals surface area (Å²) in [5.74, 6) is 1.34. The average Bonchev–Trinajstić information content (AvgIpc) is 2.39. The van der Waals surface area contributed by atoms with Crippen LogP contribution in [0.4, 0.5) is 0 Å². The summed E-state index contributed by atoms with van der Waals surface area (Å²) in [7, 11) is 0. The van der Waals surface area contributed by atoms with E-state index < -0.39 is 0 Å². The highest BCUT2D eigenvalue weighted by molar-refractivity contribution is 5.94. The zero-order valence-electron chi connectivity index (χ0n) is 10.6. The van der Waals surface area contributed by atoms with Crippen LogP contribution in [0.2, 0.25) is 0 Å². The molecule has 1 heterocycles. The van der Waals surface area contributed by atoms with Crippen molar-refractivity contribution in [3.8, 4) is 0 Å². The molecule has 2 rings (SSSR count). The Balaban J connectivity index is 2.14. The molecule has 0 aliphatic carbocycles. The first-order chi connectivity index (χ1) is 8.18. The molecule has 92 valence electrons. The Morgan fingerprint density at radius 2 is 2.06 bits per heavy atom. The third kappa shape index (κ3) is 2.95. The van der Waals surface area contributed by atoms with Crippen molar-refractivity contribution in [2.75, 3.05) is 13.2 Å². The Labute approximate surface area is 103 Å². The molecule has 1 aliphatic rings. The fourth-order valence-electron chi connectivity index (χ4n) is 2.53. The van der Waals surface area contributed by atoms with Crippen molar-refractivity contribution in [1.29, 1.82) is 0 Å². The fourth-order valence-corrected chi connectivity index (χ4v) is 2.53. The smallest absolute Gasteiger partial charge is 0.159 e. The molecule has 0 amide bonds. The van der Waals surface area contributed by atoms with Gasteiger partial charge in [-0.05, 0) is 43.2 Å². The van der Waals surface area contributed by atoms with E-state index in [2.05, 4.69) is 13.0 Å².